The van der Waals surface area contributed by atoms with Gasteiger partial charge in [0, 0.05) is 11.6 Å². The molecule has 0 fully saturated rings. The largest absolute Gasteiger partial charge is 0.310 e. The van der Waals surface area contributed by atoms with Gasteiger partial charge in [-0.15, -0.1) is 0 Å². The summed E-state index contributed by atoms with van der Waals surface area (Å²) < 4.78 is 0. The molecule has 7 heteroatoms. The SMILES string of the molecule is Cc1cccc(C)c1N=C1SC(N(c2ccccc2[N+](=O)[O-])C(C)(C)C)=NC1(c1ccccc1)c1ccccc1. The second-order valence-corrected chi connectivity index (χ2v) is 11.8. The van der Waals surface area contributed by atoms with E-state index >= 15 is 0 Å². The molecule has 4 aromatic rings. The van der Waals surface area contributed by atoms with Gasteiger partial charge in [-0.1, -0.05) is 91.0 Å². The highest BCUT2D eigenvalue weighted by Crippen LogP contribution is 2.49. The van der Waals surface area contributed by atoms with Gasteiger partial charge in [0.2, 0.25) is 0 Å². The van der Waals surface area contributed by atoms with Crippen molar-refractivity contribution in [3.8, 4) is 0 Å². The van der Waals surface area contributed by atoms with E-state index in [1.807, 2.05) is 74.2 Å². The van der Waals surface area contributed by atoms with Crippen LogP contribution in [-0.2, 0) is 5.54 Å². The summed E-state index contributed by atoms with van der Waals surface area (Å²) in [5.41, 5.74) is 4.07. The first kappa shape index (κ1) is 27.3. The van der Waals surface area contributed by atoms with Crippen LogP contribution < -0.4 is 4.90 Å². The monoisotopic (exact) mass is 548 g/mol. The summed E-state index contributed by atoms with van der Waals surface area (Å²) in [6.07, 6.45) is 0. The van der Waals surface area contributed by atoms with Gasteiger partial charge >= 0.3 is 0 Å². The fraction of sp³-hybridized carbons (Fsp3) is 0.212. The molecule has 0 bridgehead atoms. The van der Waals surface area contributed by atoms with Crippen LogP contribution in [0.2, 0.25) is 0 Å². The number of hydrogen-bond acceptors (Lipinski definition) is 6. The standard InChI is InChI=1S/C33H32N4O2S/c1-23-15-14-16-24(2)29(23)34-30-33(25-17-8-6-9-18-25,26-19-10-7-11-20-26)35-31(40-30)36(32(3,4)5)27-21-12-13-22-28(27)37(38)39/h6-22H,1-5H3. The number of nitro benzene ring substituents is 1. The van der Waals surface area contributed by atoms with Crippen molar-refractivity contribution in [2.75, 3.05) is 4.90 Å². The number of benzene rings is 4. The molecule has 6 nitrogen and oxygen atoms in total. The zero-order chi connectivity index (χ0) is 28.5. The molecule has 0 unspecified atom stereocenters. The van der Waals surface area contributed by atoms with Gasteiger partial charge in [0.1, 0.15) is 10.7 Å². The Bertz CT molecular complexity index is 1550. The highest BCUT2D eigenvalue weighted by Gasteiger charge is 2.48. The van der Waals surface area contributed by atoms with Crippen LogP contribution in [0.15, 0.2) is 113 Å². The van der Waals surface area contributed by atoms with Crippen molar-refractivity contribution >= 4 is 39.0 Å². The summed E-state index contributed by atoms with van der Waals surface area (Å²) in [5.74, 6) is 0. The topological polar surface area (TPSA) is 71.1 Å². The number of amidine groups is 1. The van der Waals surface area contributed by atoms with E-state index in [2.05, 4.69) is 50.2 Å². The third-order valence-electron chi connectivity index (χ3n) is 6.98. The van der Waals surface area contributed by atoms with Gasteiger partial charge in [-0.2, -0.15) is 0 Å². The van der Waals surface area contributed by atoms with Gasteiger partial charge in [-0.25, -0.2) is 9.98 Å². The van der Waals surface area contributed by atoms with Crippen molar-refractivity contribution in [3.63, 3.8) is 0 Å². The fourth-order valence-corrected chi connectivity index (χ4v) is 6.50. The summed E-state index contributed by atoms with van der Waals surface area (Å²) in [6.45, 7) is 10.3. The molecular weight excluding hydrogens is 516 g/mol. The summed E-state index contributed by atoms with van der Waals surface area (Å²) in [7, 11) is 0. The van der Waals surface area contributed by atoms with Crippen LogP contribution in [0.3, 0.4) is 0 Å². The molecule has 0 saturated heterocycles. The quantitative estimate of drug-likeness (QED) is 0.185. The number of thioether (sulfide) groups is 1. The van der Waals surface area contributed by atoms with Crippen molar-refractivity contribution in [1.82, 2.24) is 0 Å². The molecule has 1 heterocycles. The molecular formula is C33H32N4O2S. The Morgan fingerprint density at radius 3 is 1.85 bits per heavy atom. The zero-order valence-corrected chi connectivity index (χ0v) is 24.1. The van der Waals surface area contributed by atoms with Gasteiger partial charge in [-0.05, 0) is 74.7 Å². The lowest BCUT2D eigenvalue weighted by Gasteiger charge is -2.36. The van der Waals surface area contributed by atoms with E-state index in [1.165, 1.54) is 11.8 Å². The maximum Gasteiger partial charge on any atom is 0.292 e. The lowest BCUT2D eigenvalue weighted by atomic mass is 9.84. The van der Waals surface area contributed by atoms with Crippen molar-refractivity contribution in [3.05, 3.63) is 135 Å². The van der Waals surface area contributed by atoms with Gasteiger partial charge in [0.05, 0.1) is 10.6 Å². The highest BCUT2D eigenvalue weighted by molar-refractivity contribution is 8.27. The number of rotatable bonds is 5. The smallest absolute Gasteiger partial charge is 0.292 e. The minimum Gasteiger partial charge on any atom is -0.310 e. The van der Waals surface area contributed by atoms with Crippen LogP contribution in [0, 0.1) is 24.0 Å². The molecule has 1 aliphatic rings. The Morgan fingerprint density at radius 1 is 0.800 bits per heavy atom. The Kier molecular flexibility index (Phi) is 7.34. The summed E-state index contributed by atoms with van der Waals surface area (Å²) >= 11 is 1.47. The average Bonchev–Trinajstić information content (AvgIpc) is 3.30. The molecule has 0 aromatic heterocycles. The van der Waals surface area contributed by atoms with E-state index < -0.39 is 11.1 Å². The first-order valence-corrected chi connectivity index (χ1v) is 14.0. The average molecular weight is 549 g/mol. The first-order valence-electron chi connectivity index (χ1n) is 13.2. The third-order valence-corrected chi connectivity index (χ3v) is 8.01. The van der Waals surface area contributed by atoms with Gasteiger partial charge in [0.15, 0.2) is 10.7 Å². The Morgan fingerprint density at radius 2 is 1.32 bits per heavy atom. The third kappa shape index (κ3) is 4.93. The molecule has 0 saturated carbocycles. The zero-order valence-electron chi connectivity index (χ0n) is 23.3. The molecule has 0 radical (unpaired) electrons. The molecule has 4 aromatic carbocycles. The summed E-state index contributed by atoms with van der Waals surface area (Å²) in [6, 6.07) is 33.4. The number of aliphatic imine (C=N–C) groups is 2. The Hall–Kier alpha value is -4.23. The van der Waals surface area contributed by atoms with Crippen molar-refractivity contribution in [1.29, 1.82) is 0 Å². The van der Waals surface area contributed by atoms with Crippen molar-refractivity contribution in [2.45, 2.75) is 45.7 Å². The van der Waals surface area contributed by atoms with Gasteiger partial charge in [-0.3, -0.25) is 10.1 Å². The number of nitro groups is 1. The first-order chi connectivity index (χ1) is 19.1. The van der Waals surface area contributed by atoms with E-state index in [4.69, 9.17) is 9.98 Å². The second-order valence-electron chi connectivity index (χ2n) is 10.8. The fourth-order valence-electron chi connectivity index (χ4n) is 5.12. The number of anilines is 1. The van der Waals surface area contributed by atoms with E-state index in [-0.39, 0.29) is 10.6 Å². The lowest BCUT2D eigenvalue weighted by Crippen LogP contribution is -2.44. The van der Waals surface area contributed by atoms with Crippen LogP contribution in [0.5, 0.6) is 0 Å². The molecule has 5 rings (SSSR count). The van der Waals surface area contributed by atoms with Gasteiger partial charge in [0.25, 0.3) is 5.69 Å². The maximum atomic E-state index is 12.1. The van der Waals surface area contributed by atoms with Gasteiger partial charge < -0.3 is 4.90 Å². The molecule has 0 atom stereocenters. The van der Waals surface area contributed by atoms with Crippen LogP contribution >= 0.6 is 11.8 Å². The molecule has 0 aliphatic carbocycles. The molecule has 1 aliphatic heterocycles. The lowest BCUT2D eigenvalue weighted by molar-refractivity contribution is -0.384. The number of hydrogen-bond donors (Lipinski definition) is 0. The molecule has 202 valence electrons. The van der Waals surface area contributed by atoms with Crippen molar-refractivity contribution < 1.29 is 4.92 Å². The summed E-state index contributed by atoms with van der Waals surface area (Å²) in [4.78, 5) is 24.6. The van der Waals surface area contributed by atoms with E-state index in [9.17, 15) is 10.1 Å². The molecule has 0 spiro atoms. The summed E-state index contributed by atoms with van der Waals surface area (Å²) in [5, 5.41) is 13.6. The van der Waals surface area contributed by atoms with Crippen LogP contribution in [0.4, 0.5) is 17.1 Å². The highest BCUT2D eigenvalue weighted by atomic mass is 32.2. The number of aryl methyl sites for hydroxylation is 2. The number of para-hydroxylation sites is 3. The minimum absolute atomic E-state index is 0.0332. The Labute approximate surface area is 239 Å². The molecule has 40 heavy (non-hydrogen) atoms. The van der Waals surface area contributed by atoms with E-state index in [1.54, 1.807) is 18.2 Å². The molecule has 0 amide bonds. The Balaban J connectivity index is 1.85. The normalized spacial score (nSPS) is 15.6. The number of nitrogens with zero attached hydrogens (tertiary/aromatic N) is 4. The molecule has 0 N–H and O–H groups in total. The van der Waals surface area contributed by atoms with Crippen molar-refractivity contribution in [2.24, 2.45) is 9.98 Å². The van der Waals surface area contributed by atoms with Crippen LogP contribution in [0.1, 0.15) is 43.0 Å². The predicted molar refractivity (Wildman–Crippen MR) is 167 cm³/mol. The maximum absolute atomic E-state index is 12.1. The van der Waals surface area contributed by atoms with Crippen LogP contribution in [-0.4, -0.2) is 20.7 Å². The minimum atomic E-state index is -0.940. The van der Waals surface area contributed by atoms with E-state index in [0.29, 0.717) is 10.9 Å². The van der Waals surface area contributed by atoms with E-state index in [0.717, 1.165) is 33.0 Å². The predicted octanol–water partition coefficient (Wildman–Crippen LogP) is 8.59. The van der Waals surface area contributed by atoms with Crippen LogP contribution in [0.25, 0.3) is 0 Å². The second kappa shape index (κ2) is 10.7.